The van der Waals surface area contributed by atoms with E-state index in [0.29, 0.717) is 6.04 Å². The summed E-state index contributed by atoms with van der Waals surface area (Å²) in [5.74, 6) is 0.929. The Morgan fingerprint density at radius 1 is 1.35 bits per heavy atom. The van der Waals surface area contributed by atoms with E-state index in [9.17, 15) is 0 Å². The zero-order chi connectivity index (χ0) is 11.5. The number of nitrogens with zero attached hydrogens (tertiary/aromatic N) is 3. The highest BCUT2D eigenvalue weighted by Crippen LogP contribution is 2.16. The monoisotopic (exact) mass is 231 g/mol. The van der Waals surface area contributed by atoms with Crippen LogP contribution in [0.5, 0.6) is 0 Å². The van der Waals surface area contributed by atoms with E-state index >= 15 is 0 Å². The lowest BCUT2D eigenvalue weighted by Gasteiger charge is -2.17. The quantitative estimate of drug-likeness (QED) is 0.817. The third-order valence-electron chi connectivity index (χ3n) is 3.21. The molecule has 0 radical (unpaired) electrons. The molecule has 3 rings (SSSR count). The Morgan fingerprint density at radius 3 is 3.35 bits per heavy atom. The summed E-state index contributed by atoms with van der Waals surface area (Å²) >= 11 is 0. The van der Waals surface area contributed by atoms with E-state index < -0.39 is 0 Å². The lowest BCUT2D eigenvalue weighted by Crippen LogP contribution is -2.31. The van der Waals surface area contributed by atoms with E-state index in [0.717, 1.165) is 24.4 Å². The molecule has 17 heavy (non-hydrogen) atoms. The normalized spacial score (nSPS) is 21.3. The summed E-state index contributed by atoms with van der Waals surface area (Å²) in [5, 5.41) is 11.2. The Balaban J connectivity index is 1.81. The lowest BCUT2D eigenvalue weighted by atomic mass is 10.1. The number of hydrogen-bond donors (Lipinski definition) is 2. The molecular formula is C12H17N5. The maximum Gasteiger partial charge on any atom is 0.152 e. The van der Waals surface area contributed by atoms with Crippen molar-refractivity contribution >= 4 is 11.3 Å². The molecule has 90 valence electrons. The van der Waals surface area contributed by atoms with Crippen LogP contribution < -0.4 is 10.6 Å². The first-order valence-corrected chi connectivity index (χ1v) is 6.19. The Morgan fingerprint density at radius 2 is 2.35 bits per heavy atom. The highest BCUT2D eigenvalue weighted by atomic mass is 15.2. The topological polar surface area (TPSA) is 54.2 Å². The fourth-order valence-electron chi connectivity index (χ4n) is 2.30. The molecule has 5 nitrogen and oxygen atoms in total. The Bertz CT molecular complexity index is 484. The van der Waals surface area contributed by atoms with Gasteiger partial charge in [-0.2, -0.15) is 5.10 Å². The third kappa shape index (κ3) is 2.24. The first-order valence-electron chi connectivity index (χ1n) is 6.19. The summed E-state index contributed by atoms with van der Waals surface area (Å²) in [5.41, 5.74) is 1.04. The van der Waals surface area contributed by atoms with Crippen molar-refractivity contribution in [1.82, 2.24) is 19.9 Å². The molecule has 0 aromatic carbocycles. The largest absolute Gasteiger partial charge is 0.364 e. The summed E-state index contributed by atoms with van der Waals surface area (Å²) < 4.78 is 1.85. The van der Waals surface area contributed by atoms with E-state index in [-0.39, 0.29) is 0 Å². The second kappa shape index (κ2) is 4.71. The van der Waals surface area contributed by atoms with Crippen LogP contribution in [0.25, 0.3) is 5.52 Å². The summed E-state index contributed by atoms with van der Waals surface area (Å²) in [7, 11) is 0. The second-order valence-corrected chi connectivity index (χ2v) is 4.48. The van der Waals surface area contributed by atoms with Crippen molar-refractivity contribution in [3.63, 3.8) is 0 Å². The lowest BCUT2D eigenvalue weighted by molar-refractivity contribution is 0.634. The maximum atomic E-state index is 4.40. The summed E-state index contributed by atoms with van der Waals surface area (Å²) in [4.78, 5) is 4.40. The van der Waals surface area contributed by atoms with Crippen LogP contribution in [0.3, 0.4) is 0 Å². The first kappa shape index (κ1) is 10.5. The van der Waals surface area contributed by atoms with Crippen LogP contribution in [-0.4, -0.2) is 33.7 Å². The molecule has 2 N–H and O–H groups in total. The Kier molecular flexibility index (Phi) is 2.92. The van der Waals surface area contributed by atoms with Gasteiger partial charge in [-0.25, -0.2) is 9.50 Å². The van der Waals surface area contributed by atoms with E-state index in [4.69, 9.17) is 0 Å². The van der Waals surface area contributed by atoms with Crippen LogP contribution in [0.2, 0.25) is 0 Å². The van der Waals surface area contributed by atoms with Gasteiger partial charge in [-0.3, -0.25) is 0 Å². The van der Waals surface area contributed by atoms with Gasteiger partial charge in [0.1, 0.15) is 5.52 Å². The van der Waals surface area contributed by atoms with Gasteiger partial charge < -0.3 is 10.6 Å². The van der Waals surface area contributed by atoms with Gasteiger partial charge in [0, 0.05) is 25.0 Å². The predicted molar refractivity (Wildman–Crippen MR) is 67.1 cm³/mol. The molecule has 5 heteroatoms. The molecule has 1 saturated heterocycles. The summed E-state index contributed by atoms with van der Waals surface area (Å²) in [6, 6.07) is 2.45. The standard InChI is InChI=1S/C12H17N5/c1-2-5-13-9-10(3-1)16-12-11-4-6-15-17(11)8-7-14-12/h4,6-8,10,13H,1-3,5,9H2,(H,14,16). The average molecular weight is 231 g/mol. The highest BCUT2D eigenvalue weighted by molar-refractivity contribution is 5.67. The molecule has 3 heterocycles. The van der Waals surface area contributed by atoms with Gasteiger partial charge in [0.25, 0.3) is 0 Å². The van der Waals surface area contributed by atoms with Crippen molar-refractivity contribution < 1.29 is 0 Å². The molecular weight excluding hydrogens is 214 g/mol. The molecule has 1 aliphatic rings. The smallest absolute Gasteiger partial charge is 0.152 e. The number of rotatable bonds is 2. The molecule has 0 bridgehead atoms. The van der Waals surface area contributed by atoms with Gasteiger partial charge in [-0.1, -0.05) is 6.42 Å². The minimum absolute atomic E-state index is 0.464. The maximum absolute atomic E-state index is 4.40. The van der Waals surface area contributed by atoms with Crippen LogP contribution in [0.1, 0.15) is 19.3 Å². The second-order valence-electron chi connectivity index (χ2n) is 4.48. The van der Waals surface area contributed by atoms with Crippen LogP contribution >= 0.6 is 0 Å². The molecule has 0 aliphatic carbocycles. The molecule has 1 aliphatic heterocycles. The van der Waals surface area contributed by atoms with E-state index in [1.807, 2.05) is 16.8 Å². The molecule has 0 spiro atoms. The summed E-state index contributed by atoms with van der Waals surface area (Å²) in [6.45, 7) is 2.14. The molecule has 1 atom stereocenters. The Labute approximate surface area is 100 Å². The zero-order valence-corrected chi connectivity index (χ0v) is 9.76. The molecule has 0 amide bonds. The zero-order valence-electron chi connectivity index (χ0n) is 9.76. The van der Waals surface area contributed by atoms with Gasteiger partial charge >= 0.3 is 0 Å². The fourth-order valence-corrected chi connectivity index (χ4v) is 2.30. The highest BCUT2D eigenvalue weighted by Gasteiger charge is 2.13. The third-order valence-corrected chi connectivity index (χ3v) is 3.21. The summed E-state index contributed by atoms with van der Waals surface area (Å²) in [6.07, 6.45) is 9.19. The van der Waals surface area contributed by atoms with E-state index in [1.54, 1.807) is 12.4 Å². The van der Waals surface area contributed by atoms with Gasteiger partial charge in [0.2, 0.25) is 0 Å². The predicted octanol–water partition coefficient (Wildman–Crippen LogP) is 1.28. The van der Waals surface area contributed by atoms with Gasteiger partial charge in [-0.15, -0.1) is 0 Å². The number of anilines is 1. The number of nitrogens with one attached hydrogen (secondary N) is 2. The molecule has 2 aromatic heterocycles. The van der Waals surface area contributed by atoms with Gasteiger partial charge in [0.05, 0.1) is 6.20 Å². The molecule has 0 saturated carbocycles. The number of fused-ring (bicyclic) bond motifs is 1. The molecule has 2 aromatic rings. The molecule has 1 unspecified atom stereocenters. The SMILES string of the molecule is c1cn2nccc2c(NC2CCCCNC2)n1. The van der Waals surface area contributed by atoms with Crippen molar-refractivity contribution in [2.75, 3.05) is 18.4 Å². The van der Waals surface area contributed by atoms with E-state index in [2.05, 4.69) is 20.7 Å². The average Bonchev–Trinajstić information content (AvgIpc) is 2.69. The van der Waals surface area contributed by atoms with Crippen LogP contribution in [-0.2, 0) is 0 Å². The minimum Gasteiger partial charge on any atom is -0.364 e. The van der Waals surface area contributed by atoms with Crippen LogP contribution in [0, 0.1) is 0 Å². The molecule has 1 fully saturated rings. The Hall–Kier alpha value is -1.62. The fraction of sp³-hybridized carbons (Fsp3) is 0.500. The van der Waals surface area contributed by atoms with Crippen LogP contribution in [0.4, 0.5) is 5.82 Å². The van der Waals surface area contributed by atoms with Gasteiger partial charge in [-0.05, 0) is 25.5 Å². The van der Waals surface area contributed by atoms with Crippen LogP contribution in [0.15, 0.2) is 24.7 Å². The first-order chi connectivity index (χ1) is 8.43. The van der Waals surface area contributed by atoms with Crippen molar-refractivity contribution in [2.45, 2.75) is 25.3 Å². The van der Waals surface area contributed by atoms with Gasteiger partial charge in [0.15, 0.2) is 5.82 Å². The number of hydrogen-bond acceptors (Lipinski definition) is 4. The van der Waals surface area contributed by atoms with Crippen molar-refractivity contribution in [3.8, 4) is 0 Å². The van der Waals surface area contributed by atoms with Crippen molar-refractivity contribution in [2.24, 2.45) is 0 Å². The van der Waals surface area contributed by atoms with E-state index in [1.165, 1.54) is 19.3 Å². The minimum atomic E-state index is 0.464. The van der Waals surface area contributed by atoms with Crippen molar-refractivity contribution in [3.05, 3.63) is 24.7 Å². The number of aromatic nitrogens is 3. The van der Waals surface area contributed by atoms with Crippen molar-refractivity contribution in [1.29, 1.82) is 0 Å².